The fraction of sp³-hybridized carbons (Fsp3) is 0. The molecule has 0 bridgehead atoms. The molecular formula is C29H18ClN3. The highest BCUT2D eigenvalue weighted by Crippen LogP contribution is 2.35. The topological polar surface area (TPSA) is 38.7 Å². The van der Waals surface area contributed by atoms with Gasteiger partial charge in [0.25, 0.3) is 0 Å². The van der Waals surface area contributed by atoms with Crippen molar-refractivity contribution in [1.82, 2.24) is 15.0 Å². The van der Waals surface area contributed by atoms with E-state index in [0.29, 0.717) is 11.6 Å². The summed E-state index contributed by atoms with van der Waals surface area (Å²) in [5, 5.41) is 4.61. The minimum atomic E-state index is 0.180. The van der Waals surface area contributed by atoms with Gasteiger partial charge in [0.1, 0.15) is 0 Å². The SMILES string of the molecule is Clc1nc(-c2cccc3ccccc23)nc(-c2ccc(-c3ccccc3)c3ccccc23)n1. The van der Waals surface area contributed by atoms with Gasteiger partial charge in [0, 0.05) is 11.1 Å². The van der Waals surface area contributed by atoms with Gasteiger partial charge in [0.2, 0.25) is 5.28 Å². The summed E-state index contributed by atoms with van der Waals surface area (Å²) in [4.78, 5) is 13.8. The van der Waals surface area contributed by atoms with Crippen molar-refractivity contribution >= 4 is 33.1 Å². The molecule has 4 heteroatoms. The summed E-state index contributed by atoms with van der Waals surface area (Å²) in [6, 6.07) is 37.2. The molecule has 0 aliphatic rings. The maximum atomic E-state index is 6.42. The van der Waals surface area contributed by atoms with Crippen LogP contribution in [0.15, 0.2) is 109 Å². The second-order valence-electron chi connectivity index (χ2n) is 7.85. The van der Waals surface area contributed by atoms with E-state index < -0.39 is 0 Å². The van der Waals surface area contributed by atoms with Crippen molar-refractivity contribution in [1.29, 1.82) is 0 Å². The highest BCUT2D eigenvalue weighted by molar-refractivity contribution is 6.28. The lowest BCUT2D eigenvalue weighted by Gasteiger charge is -2.12. The highest BCUT2D eigenvalue weighted by Gasteiger charge is 2.15. The average molecular weight is 444 g/mol. The quantitative estimate of drug-likeness (QED) is 0.279. The molecule has 3 nitrogen and oxygen atoms in total. The van der Waals surface area contributed by atoms with Gasteiger partial charge in [0.15, 0.2) is 11.6 Å². The van der Waals surface area contributed by atoms with Crippen molar-refractivity contribution in [3.63, 3.8) is 0 Å². The monoisotopic (exact) mass is 443 g/mol. The van der Waals surface area contributed by atoms with E-state index in [2.05, 4.69) is 82.8 Å². The Bertz CT molecular complexity index is 1620. The fourth-order valence-corrected chi connectivity index (χ4v) is 4.53. The maximum absolute atomic E-state index is 6.42. The molecule has 6 aromatic rings. The Balaban J connectivity index is 1.57. The van der Waals surface area contributed by atoms with Crippen molar-refractivity contribution in [2.24, 2.45) is 0 Å². The van der Waals surface area contributed by atoms with Gasteiger partial charge >= 0.3 is 0 Å². The molecule has 0 unspecified atom stereocenters. The molecule has 33 heavy (non-hydrogen) atoms. The van der Waals surface area contributed by atoms with E-state index in [0.717, 1.165) is 32.7 Å². The number of fused-ring (bicyclic) bond motifs is 2. The van der Waals surface area contributed by atoms with Gasteiger partial charge < -0.3 is 0 Å². The maximum Gasteiger partial charge on any atom is 0.226 e. The van der Waals surface area contributed by atoms with Gasteiger partial charge in [-0.2, -0.15) is 9.97 Å². The molecule has 1 aromatic heterocycles. The Hall–Kier alpha value is -4.08. The Morgan fingerprint density at radius 1 is 0.424 bits per heavy atom. The molecule has 0 spiro atoms. The number of halogens is 1. The fourth-order valence-electron chi connectivity index (χ4n) is 4.37. The number of nitrogens with zero attached hydrogens (tertiary/aromatic N) is 3. The van der Waals surface area contributed by atoms with Crippen LogP contribution in [-0.4, -0.2) is 15.0 Å². The minimum absolute atomic E-state index is 0.180. The summed E-state index contributed by atoms with van der Waals surface area (Å²) < 4.78 is 0. The first-order valence-electron chi connectivity index (χ1n) is 10.8. The number of hydrogen-bond acceptors (Lipinski definition) is 3. The van der Waals surface area contributed by atoms with Crippen LogP contribution in [0.2, 0.25) is 5.28 Å². The third kappa shape index (κ3) is 3.53. The van der Waals surface area contributed by atoms with Crippen LogP contribution in [0.3, 0.4) is 0 Å². The standard InChI is InChI=1S/C29H18ClN3/c30-29-32-27(25-16-8-12-20-11-4-5-13-21(20)25)31-28(33-29)26-18-17-22(19-9-2-1-3-10-19)23-14-6-7-15-24(23)26/h1-18H. The number of benzene rings is 5. The molecule has 5 aromatic carbocycles. The van der Waals surface area contributed by atoms with Gasteiger partial charge in [-0.15, -0.1) is 0 Å². The zero-order chi connectivity index (χ0) is 22.2. The lowest BCUT2D eigenvalue weighted by Crippen LogP contribution is -1.98. The summed E-state index contributed by atoms with van der Waals surface area (Å²) in [5.74, 6) is 1.13. The van der Waals surface area contributed by atoms with Crippen LogP contribution in [0, 0.1) is 0 Å². The number of rotatable bonds is 3. The largest absolute Gasteiger partial charge is 0.226 e. The Morgan fingerprint density at radius 3 is 1.73 bits per heavy atom. The Kier molecular flexibility index (Phi) is 4.82. The molecule has 0 saturated carbocycles. The smallest absolute Gasteiger partial charge is 0.208 e. The van der Waals surface area contributed by atoms with E-state index in [1.807, 2.05) is 36.4 Å². The van der Waals surface area contributed by atoms with Crippen molar-refractivity contribution in [2.45, 2.75) is 0 Å². The van der Waals surface area contributed by atoms with E-state index in [1.165, 1.54) is 11.1 Å². The molecule has 0 radical (unpaired) electrons. The molecule has 0 N–H and O–H groups in total. The van der Waals surface area contributed by atoms with E-state index in [9.17, 15) is 0 Å². The summed E-state index contributed by atoms with van der Waals surface area (Å²) in [6.07, 6.45) is 0. The van der Waals surface area contributed by atoms with Crippen molar-refractivity contribution in [3.8, 4) is 33.9 Å². The third-order valence-corrected chi connectivity index (χ3v) is 6.06. The van der Waals surface area contributed by atoms with E-state index >= 15 is 0 Å². The van der Waals surface area contributed by atoms with E-state index in [-0.39, 0.29) is 5.28 Å². The van der Waals surface area contributed by atoms with Crippen molar-refractivity contribution in [2.75, 3.05) is 0 Å². The lowest BCUT2D eigenvalue weighted by atomic mass is 9.95. The normalized spacial score (nSPS) is 11.2. The zero-order valence-electron chi connectivity index (χ0n) is 17.6. The molecule has 0 atom stereocenters. The first kappa shape index (κ1) is 19.6. The van der Waals surface area contributed by atoms with Crippen molar-refractivity contribution in [3.05, 3.63) is 114 Å². The van der Waals surface area contributed by atoms with E-state index in [1.54, 1.807) is 0 Å². The van der Waals surface area contributed by atoms with Crippen LogP contribution in [-0.2, 0) is 0 Å². The van der Waals surface area contributed by atoms with Gasteiger partial charge in [-0.3, -0.25) is 0 Å². The van der Waals surface area contributed by atoms with Crippen LogP contribution in [0.1, 0.15) is 0 Å². The summed E-state index contributed by atoms with van der Waals surface area (Å²) in [5.41, 5.74) is 4.20. The van der Waals surface area contributed by atoms with Gasteiger partial charge in [-0.1, -0.05) is 103 Å². The summed E-state index contributed by atoms with van der Waals surface area (Å²) in [6.45, 7) is 0. The molecule has 0 saturated heterocycles. The Labute approximate surface area is 196 Å². The second-order valence-corrected chi connectivity index (χ2v) is 8.19. The van der Waals surface area contributed by atoms with Crippen LogP contribution >= 0.6 is 11.6 Å². The van der Waals surface area contributed by atoms with Gasteiger partial charge in [-0.25, -0.2) is 4.98 Å². The lowest BCUT2D eigenvalue weighted by molar-refractivity contribution is 1.07. The van der Waals surface area contributed by atoms with Crippen LogP contribution in [0.25, 0.3) is 55.4 Å². The van der Waals surface area contributed by atoms with Gasteiger partial charge in [0.05, 0.1) is 0 Å². The predicted octanol–water partition coefficient (Wildman–Crippen LogP) is 7.83. The van der Waals surface area contributed by atoms with Crippen LogP contribution < -0.4 is 0 Å². The molecule has 0 amide bonds. The average Bonchev–Trinajstić information content (AvgIpc) is 2.88. The molecule has 6 rings (SSSR count). The number of aromatic nitrogens is 3. The van der Waals surface area contributed by atoms with Crippen LogP contribution in [0.4, 0.5) is 0 Å². The first-order chi connectivity index (χ1) is 16.3. The molecule has 1 heterocycles. The molecule has 0 aliphatic carbocycles. The molecule has 0 aliphatic heterocycles. The third-order valence-electron chi connectivity index (χ3n) is 5.89. The predicted molar refractivity (Wildman–Crippen MR) is 136 cm³/mol. The highest BCUT2D eigenvalue weighted by atomic mass is 35.5. The second kappa shape index (κ2) is 8.12. The summed E-state index contributed by atoms with van der Waals surface area (Å²) >= 11 is 6.42. The molecule has 0 fully saturated rings. The Morgan fingerprint density at radius 2 is 0.970 bits per heavy atom. The first-order valence-corrected chi connectivity index (χ1v) is 11.1. The van der Waals surface area contributed by atoms with E-state index in [4.69, 9.17) is 16.6 Å². The van der Waals surface area contributed by atoms with Crippen molar-refractivity contribution < 1.29 is 0 Å². The summed E-state index contributed by atoms with van der Waals surface area (Å²) in [7, 11) is 0. The van der Waals surface area contributed by atoms with Crippen LogP contribution in [0.5, 0.6) is 0 Å². The zero-order valence-corrected chi connectivity index (χ0v) is 18.4. The van der Waals surface area contributed by atoms with Gasteiger partial charge in [-0.05, 0) is 50.3 Å². The molecule has 156 valence electrons. The minimum Gasteiger partial charge on any atom is -0.208 e. The molecular weight excluding hydrogens is 426 g/mol. The number of hydrogen-bond donors (Lipinski definition) is 0.